The molecule has 26 heavy (non-hydrogen) atoms. The highest BCUT2D eigenvalue weighted by molar-refractivity contribution is 6.04. The predicted octanol–water partition coefficient (Wildman–Crippen LogP) is 2.72. The molecule has 3 N–H and O–H groups in total. The van der Waals surface area contributed by atoms with E-state index in [-0.39, 0.29) is 0 Å². The van der Waals surface area contributed by atoms with Crippen LogP contribution in [-0.4, -0.2) is 55.0 Å². The lowest BCUT2D eigenvalue weighted by atomic mass is 10.1. The number of para-hydroxylation sites is 1. The number of imidazole rings is 1. The highest BCUT2D eigenvalue weighted by Crippen LogP contribution is 2.26. The van der Waals surface area contributed by atoms with Crippen LogP contribution in [0.3, 0.4) is 0 Å². The first-order chi connectivity index (χ1) is 12.5. The van der Waals surface area contributed by atoms with Gasteiger partial charge < -0.3 is 20.5 Å². The molecular weight excluding hydrogens is 326 g/mol. The maximum atomic E-state index is 11.6. The van der Waals surface area contributed by atoms with Crippen molar-refractivity contribution in [1.29, 1.82) is 0 Å². The number of aromatic amines is 1. The molecule has 0 saturated carbocycles. The third kappa shape index (κ3) is 3.86. The first kappa shape index (κ1) is 17.9. The van der Waals surface area contributed by atoms with Crippen molar-refractivity contribution in [1.82, 2.24) is 14.9 Å². The Balaban J connectivity index is 1.87. The summed E-state index contributed by atoms with van der Waals surface area (Å²) in [7, 11) is 6.27. The fourth-order valence-corrected chi connectivity index (χ4v) is 3.01. The van der Waals surface area contributed by atoms with Gasteiger partial charge in [0.2, 0.25) is 0 Å². The number of nitrogens with zero attached hydrogens (tertiary/aromatic N) is 3. The van der Waals surface area contributed by atoms with E-state index in [4.69, 9.17) is 5.73 Å². The molecule has 3 aromatic rings. The molecule has 2 aromatic carbocycles. The highest BCUT2D eigenvalue weighted by Gasteiger charge is 2.12. The average Bonchev–Trinajstić information content (AvgIpc) is 3.05. The van der Waals surface area contributed by atoms with Gasteiger partial charge in [0.05, 0.1) is 11.1 Å². The van der Waals surface area contributed by atoms with Gasteiger partial charge >= 0.3 is 0 Å². The van der Waals surface area contributed by atoms with E-state index in [1.54, 1.807) is 12.1 Å². The highest BCUT2D eigenvalue weighted by atomic mass is 16.1. The second-order valence-corrected chi connectivity index (χ2v) is 6.78. The molecule has 0 spiro atoms. The van der Waals surface area contributed by atoms with Gasteiger partial charge in [-0.05, 0) is 51.3 Å². The van der Waals surface area contributed by atoms with E-state index in [1.807, 2.05) is 18.2 Å². The summed E-state index contributed by atoms with van der Waals surface area (Å²) in [5.74, 6) is 0.264. The maximum Gasteiger partial charge on any atom is 0.250 e. The van der Waals surface area contributed by atoms with Crippen molar-refractivity contribution in [3.8, 4) is 11.4 Å². The summed E-state index contributed by atoms with van der Waals surface area (Å²) >= 11 is 0. The Hall–Kier alpha value is -2.86. The van der Waals surface area contributed by atoms with E-state index in [9.17, 15) is 4.79 Å². The first-order valence-corrected chi connectivity index (χ1v) is 8.70. The molecule has 0 aliphatic rings. The number of benzene rings is 2. The number of anilines is 1. The second kappa shape index (κ2) is 7.58. The summed E-state index contributed by atoms with van der Waals surface area (Å²) in [4.78, 5) is 23.9. The van der Waals surface area contributed by atoms with Crippen LogP contribution in [0.2, 0.25) is 0 Å². The zero-order chi connectivity index (χ0) is 18.7. The minimum Gasteiger partial charge on any atom is -0.375 e. The number of rotatable bonds is 7. The fraction of sp³-hybridized carbons (Fsp3) is 0.300. The SMILES string of the molecule is CN(C)CCCN(C)c1cccc(-c2nc3c(C(N)=O)cccc3[nH]2)c1. The summed E-state index contributed by atoms with van der Waals surface area (Å²) < 4.78 is 0. The van der Waals surface area contributed by atoms with Crippen LogP contribution in [0.4, 0.5) is 5.69 Å². The van der Waals surface area contributed by atoms with Crippen LogP contribution in [0.25, 0.3) is 22.4 Å². The number of hydrogen-bond donors (Lipinski definition) is 2. The largest absolute Gasteiger partial charge is 0.375 e. The van der Waals surface area contributed by atoms with Crippen molar-refractivity contribution >= 4 is 22.6 Å². The molecule has 136 valence electrons. The average molecular weight is 351 g/mol. The molecule has 6 heteroatoms. The normalized spacial score (nSPS) is 11.2. The van der Waals surface area contributed by atoms with Gasteiger partial charge in [0.15, 0.2) is 0 Å². The lowest BCUT2D eigenvalue weighted by Gasteiger charge is -2.21. The molecule has 0 unspecified atom stereocenters. The van der Waals surface area contributed by atoms with Crippen LogP contribution < -0.4 is 10.6 Å². The molecule has 0 aliphatic heterocycles. The van der Waals surface area contributed by atoms with Crippen molar-refractivity contribution in [2.45, 2.75) is 6.42 Å². The van der Waals surface area contributed by atoms with Crippen molar-refractivity contribution < 1.29 is 4.79 Å². The molecule has 6 nitrogen and oxygen atoms in total. The molecule has 0 fully saturated rings. The Morgan fingerprint density at radius 1 is 1.12 bits per heavy atom. The van der Waals surface area contributed by atoms with Gasteiger partial charge in [0.1, 0.15) is 11.3 Å². The Kier molecular flexibility index (Phi) is 5.23. The van der Waals surface area contributed by atoms with E-state index in [2.05, 4.69) is 53.0 Å². The maximum absolute atomic E-state index is 11.6. The van der Waals surface area contributed by atoms with Crippen LogP contribution >= 0.6 is 0 Å². The summed E-state index contributed by atoms with van der Waals surface area (Å²) in [6.07, 6.45) is 1.10. The third-order valence-corrected chi connectivity index (χ3v) is 4.44. The van der Waals surface area contributed by atoms with E-state index in [1.165, 1.54) is 0 Å². The topological polar surface area (TPSA) is 78.2 Å². The minimum atomic E-state index is -0.469. The van der Waals surface area contributed by atoms with Gasteiger partial charge in [0.25, 0.3) is 5.91 Å². The fourth-order valence-electron chi connectivity index (χ4n) is 3.01. The Bertz CT molecular complexity index is 915. The minimum absolute atomic E-state index is 0.432. The standard InChI is InChI=1S/C20H25N5O/c1-24(2)11-6-12-25(3)15-8-4-7-14(13-15)20-22-17-10-5-9-16(19(21)26)18(17)23-20/h4-5,7-10,13H,6,11-12H2,1-3H3,(H2,21,26)(H,22,23). The zero-order valence-corrected chi connectivity index (χ0v) is 15.5. The van der Waals surface area contributed by atoms with E-state index in [0.717, 1.165) is 42.1 Å². The Morgan fingerprint density at radius 2 is 1.88 bits per heavy atom. The van der Waals surface area contributed by atoms with Gasteiger partial charge in [-0.15, -0.1) is 0 Å². The van der Waals surface area contributed by atoms with Gasteiger partial charge in [0, 0.05) is 24.8 Å². The second-order valence-electron chi connectivity index (χ2n) is 6.78. The molecule has 0 aliphatic carbocycles. The van der Waals surface area contributed by atoms with Gasteiger partial charge in [-0.25, -0.2) is 4.98 Å². The zero-order valence-electron chi connectivity index (χ0n) is 15.5. The Morgan fingerprint density at radius 3 is 2.62 bits per heavy atom. The number of aromatic nitrogens is 2. The lowest BCUT2D eigenvalue weighted by molar-refractivity contribution is 0.100. The summed E-state index contributed by atoms with van der Waals surface area (Å²) in [5, 5.41) is 0. The number of nitrogens with one attached hydrogen (secondary N) is 1. The van der Waals surface area contributed by atoms with E-state index < -0.39 is 5.91 Å². The van der Waals surface area contributed by atoms with Crippen LogP contribution in [0.15, 0.2) is 42.5 Å². The number of H-pyrrole nitrogens is 1. The number of primary amides is 1. The van der Waals surface area contributed by atoms with Crippen LogP contribution in [0.1, 0.15) is 16.8 Å². The van der Waals surface area contributed by atoms with Gasteiger partial charge in [-0.3, -0.25) is 4.79 Å². The monoisotopic (exact) mass is 351 g/mol. The number of nitrogens with two attached hydrogens (primary N) is 1. The molecule has 0 radical (unpaired) electrons. The predicted molar refractivity (Wildman–Crippen MR) is 106 cm³/mol. The third-order valence-electron chi connectivity index (χ3n) is 4.44. The molecule has 0 bridgehead atoms. The van der Waals surface area contributed by atoms with Crippen LogP contribution in [-0.2, 0) is 0 Å². The van der Waals surface area contributed by atoms with Crippen LogP contribution in [0.5, 0.6) is 0 Å². The molecular formula is C20H25N5O. The van der Waals surface area contributed by atoms with Crippen molar-refractivity contribution in [3.63, 3.8) is 0 Å². The van der Waals surface area contributed by atoms with Gasteiger partial charge in [-0.2, -0.15) is 0 Å². The number of fused-ring (bicyclic) bond motifs is 1. The quantitative estimate of drug-likeness (QED) is 0.686. The lowest BCUT2D eigenvalue weighted by Crippen LogP contribution is -2.23. The van der Waals surface area contributed by atoms with Crippen molar-refractivity contribution in [2.75, 3.05) is 39.1 Å². The molecule has 1 amide bonds. The van der Waals surface area contributed by atoms with Gasteiger partial charge in [-0.1, -0.05) is 18.2 Å². The summed E-state index contributed by atoms with van der Waals surface area (Å²) in [5.41, 5.74) is 9.42. The summed E-state index contributed by atoms with van der Waals surface area (Å²) in [6.45, 7) is 2.04. The Labute approximate surface area is 153 Å². The molecule has 3 rings (SSSR count). The van der Waals surface area contributed by atoms with E-state index >= 15 is 0 Å². The smallest absolute Gasteiger partial charge is 0.250 e. The molecule has 1 heterocycles. The molecule has 1 aromatic heterocycles. The first-order valence-electron chi connectivity index (χ1n) is 8.70. The van der Waals surface area contributed by atoms with Crippen molar-refractivity contribution in [2.24, 2.45) is 5.73 Å². The number of carbonyl (C=O) groups is 1. The molecule has 0 saturated heterocycles. The molecule has 0 atom stereocenters. The summed E-state index contributed by atoms with van der Waals surface area (Å²) in [6, 6.07) is 13.6. The number of amides is 1. The number of hydrogen-bond acceptors (Lipinski definition) is 4. The van der Waals surface area contributed by atoms with Crippen molar-refractivity contribution in [3.05, 3.63) is 48.0 Å². The van der Waals surface area contributed by atoms with Crippen LogP contribution in [0, 0.1) is 0 Å². The van der Waals surface area contributed by atoms with E-state index in [0.29, 0.717) is 11.1 Å². The number of carbonyl (C=O) groups excluding carboxylic acids is 1.